The Labute approximate surface area is 185 Å². The minimum Gasteiger partial charge on any atom is -0.445 e. The Morgan fingerprint density at radius 2 is 1.59 bits per heavy atom. The molecule has 1 fully saturated rings. The fourth-order valence-corrected chi connectivity index (χ4v) is 3.75. The van der Waals surface area contributed by atoms with Crippen molar-refractivity contribution in [3.63, 3.8) is 0 Å². The molecule has 0 unspecified atom stereocenters. The lowest BCUT2D eigenvalue weighted by Crippen LogP contribution is -2.43. The summed E-state index contributed by atoms with van der Waals surface area (Å²) < 4.78 is 5.48. The highest BCUT2D eigenvalue weighted by atomic mass is 35.5. The number of likely N-dealkylation sites (N-methyl/N-ethyl adjacent to an activating group) is 1. The topological polar surface area (TPSA) is 36.0 Å². The summed E-state index contributed by atoms with van der Waals surface area (Å²) in [5, 5.41) is 0. The van der Waals surface area contributed by atoms with Crippen molar-refractivity contribution in [2.24, 2.45) is 0 Å². The zero-order chi connectivity index (χ0) is 18.6. The molecular formula is C22H29Cl2N3O2. The van der Waals surface area contributed by atoms with Crippen LogP contribution in [0.4, 0.5) is 4.79 Å². The van der Waals surface area contributed by atoms with E-state index >= 15 is 0 Å². The highest BCUT2D eigenvalue weighted by Gasteiger charge is 2.25. The molecule has 0 atom stereocenters. The summed E-state index contributed by atoms with van der Waals surface area (Å²) in [6.07, 6.45) is -0.240. The van der Waals surface area contributed by atoms with Crippen molar-refractivity contribution in [2.45, 2.75) is 26.2 Å². The van der Waals surface area contributed by atoms with Gasteiger partial charge in [-0.15, -0.1) is 24.8 Å². The Balaban J connectivity index is 0.00000150. The maximum absolute atomic E-state index is 12.4. The van der Waals surface area contributed by atoms with Crippen molar-refractivity contribution in [1.29, 1.82) is 0 Å². The summed E-state index contributed by atoms with van der Waals surface area (Å²) in [5.74, 6) is 0. The van der Waals surface area contributed by atoms with Gasteiger partial charge < -0.3 is 9.64 Å². The van der Waals surface area contributed by atoms with Gasteiger partial charge in [0.15, 0.2) is 0 Å². The molecule has 2 aromatic rings. The molecule has 1 saturated heterocycles. The predicted octanol–water partition coefficient (Wildman–Crippen LogP) is 3.93. The Morgan fingerprint density at radius 1 is 0.897 bits per heavy atom. The average Bonchev–Trinajstić information content (AvgIpc) is 3.12. The smallest absolute Gasteiger partial charge is 0.410 e. The number of rotatable bonds is 4. The molecule has 158 valence electrons. The van der Waals surface area contributed by atoms with E-state index in [9.17, 15) is 4.79 Å². The van der Waals surface area contributed by atoms with Crippen LogP contribution >= 0.6 is 24.8 Å². The molecule has 2 aliphatic rings. The standard InChI is InChI=1S/C22H27N3O2.2ClH/c1-23-9-11-24(12-10-23)14-19-7-8-20-15-25(16-21(20)13-19)22(26)27-17-18-5-3-2-4-6-18;;/h2-8,13H,9-12,14-17H2,1H3;2*1H. The molecule has 0 aromatic heterocycles. The van der Waals surface area contributed by atoms with Gasteiger partial charge in [0, 0.05) is 45.8 Å². The van der Waals surface area contributed by atoms with Crippen LogP contribution in [0.5, 0.6) is 0 Å². The Kier molecular flexibility index (Phi) is 8.78. The van der Waals surface area contributed by atoms with E-state index in [0.717, 1.165) is 38.3 Å². The molecule has 0 N–H and O–H groups in total. The maximum Gasteiger partial charge on any atom is 0.410 e. The van der Waals surface area contributed by atoms with Crippen LogP contribution in [-0.2, 0) is 31.0 Å². The number of amides is 1. The highest BCUT2D eigenvalue weighted by molar-refractivity contribution is 5.85. The molecular weight excluding hydrogens is 409 g/mol. The van der Waals surface area contributed by atoms with Crippen LogP contribution in [0.1, 0.15) is 22.3 Å². The summed E-state index contributed by atoms with van der Waals surface area (Å²) in [6, 6.07) is 16.4. The number of hydrogen-bond donors (Lipinski definition) is 0. The second-order valence-electron chi connectivity index (χ2n) is 7.58. The van der Waals surface area contributed by atoms with E-state index in [4.69, 9.17) is 4.74 Å². The van der Waals surface area contributed by atoms with Gasteiger partial charge in [-0.1, -0.05) is 48.5 Å². The molecule has 0 spiro atoms. The number of nitrogens with zero attached hydrogens (tertiary/aromatic N) is 3. The monoisotopic (exact) mass is 437 g/mol. The van der Waals surface area contributed by atoms with Crippen LogP contribution in [0, 0.1) is 0 Å². The van der Waals surface area contributed by atoms with Crippen LogP contribution in [0.3, 0.4) is 0 Å². The second kappa shape index (κ2) is 10.8. The van der Waals surface area contributed by atoms with Gasteiger partial charge in [-0.2, -0.15) is 0 Å². The maximum atomic E-state index is 12.4. The molecule has 5 nitrogen and oxygen atoms in total. The van der Waals surface area contributed by atoms with Crippen molar-refractivity contribution in [1.82, 2.24) is 14.7 Å². The third-order valence-corrected chi connectivity index (χ3v) is 5.46. The Hall–Kier alpha value is -1.79. The van der Waals surface area contributed by atoms with Crippen LogP contribution < -0.4 is 0 Å². The third-order valence-electron chi connectivity index (χ3n) is 5.46. The van der Waals surface area contributed by atoms with E-state index in [1.807, 2.05) is 30.3 Å². The average molecular weight is 438 g/mol. The number of fused-ring (bicyclic) bond motifs is 1. The molecule has 0 aliphatic carbocycles. The van der Waals surface area contributed by atoms with E-state index < -0.39 is 0 Å². The van der Waals surface area contributed by atoms with Gasteiger partial charge in [0.25, 0.3) is 0 Å². The first-order chi connectivity index (χ1) is 13.2. The Morgan fingerprint density at radius 3 is 2.31 bits per heavy atom. The number of carbonyl (C=O) groups is 1. The number of halogens is 2. The molecule has 0 radical (unpaired) electrons. The zero-order valence-corrected chi connectivity index (χ0v) is 18.4. The van der Waals surface area contributed by atoms with Crippen molar-refractivity contribution in [3.8, 4) is 0 Å². The summed E-state index contributed by atoms with van der Waals surface area (Å²) >= 11 is 0. The van der Waals surface area contributed by atoms with Crippen molar-refractivity contribution < 1.29 is 9.53 Å². The van der Waals surface area contributed by atoms with Gasteiger partial charge in [0.1, 0.15) is 6.61 Å². The van der Waals surface area contributed by atoms with Gasteiger partial charge in [0.2, 0.25) is 0 Å². The number of carbonyl (C=O) groups excluding carboxylic acids is 1. The molecule has 29 heavy (non-hydrogen) atoms. The first-order valence-corrected chi connectivity index (χ1v) is 9.64. The lowest BCUT2D eigenvalue weighted by molar-refractivity contribution is 0.0955. The van der Waals surface area contributed by atoms with Gasteiger partial charge in [-0.3, -0.25) is 9.80 Å². The lowest BCUT2D eigenvalue weighted by atomic mass is 10.1. The highest BCUT2D eigenvalue weighted by Crippen LogP contribution is 2.25. The van der Waals surface area contributed by atoms with E-state index in [-0.39, 0.29) is 30.9 Å². The minimum atomic E-state index is -0.240. The molecule has 4 rings (SSSR count). The quantitative estimate of drug-likeness (QED) is 0.725. The normalized spacial score (nSPS) is 16.5. The first kappa shape index (κ1) is 23.5. The fourth-order valence-electron chi connectivity index (χ4n) is 3.75. The molecule has 2 aliphatic heterocycles. The van der Waals surface area contributed by atoms with Crippen LogP contribution in [-0.4, -0.2) is 54.0 Å². The summed E-state index contributed by atoms with van der Waals surface area (Å²) in [7, 11) is 2.18. The first-order valence-electron chi connectivity index (χ1n) is 9.64. The molecule has 7 heteroatoms. The van der Waals surface area contributed by atoms with Crippen molar-refractivity contribution >= 4 is 30.9 Å². The summed E-state index contributed by atoms with van der Waals surface area (Å²) in [6.45, 7) is 7.08. The molecule has 2 heterocycles. The summed E-state index contributed by atoms with van der Waals surface area (Å²) in [5.41, 5.74) is 4.82. The van der Waals surface area contributed by atoms with E-state index in [0.29, 0.717) is 19.7 Å². The van der Waals surface area contributed by atoms with Gasteiger partial charge >= 0.3 is 6.09 Å². The van der Waals surface area contributed by atoms with E-state index in [1.54, 1.807) is 4.90 Å². The predicted molar refractivity (Wildman–Crippen MR) is 120 cm³/mol. The second-order valence-corrected chi connectivity index (χ2v) is 7.58. The van der Waals surface area contributed by atoms with Gasteiger partial charge in [0.05, 0.1) is 0 Å². The molecule has 0 bridgehead atoms. The SMILES string of the molecule is CN1CCN(Cc2ccc3c(c2)CN(C(=O)OCc2ccccc2)C3)CC1.Cl.Cl. The number of hydrogen-bond acceptors (Lipinski definition) is 4. The van der Waals surface area contributed by atoms with Crippen LogP contribution in [0.15, 0.2) is 48.5 Å². The largest absolute Gasteiger partial charge is 0.445 e. The number of ether oxygens (including phenoxy) is 1. The number of piperazine rings is 1. The van der Waals surface area contributed by atoms with Gasteiger partial charge in [-0.05, 0) is 29.3 Å². The number of benzene rings is 2. The van der Waals surface area contributed by atoms with Crippen LogP contribution in [0.2, 0.25) is 0 Å². The third kappa shape index (κ3) is 6.09. The minimum absolute atomic E-state index is 0. The van der Waals surface area contributed by atoms with Crippen molar-refractivity contribution in [2.75, 3.05) is 33.2 Å². The van der Waals surface area contributed by atoms with Gasteiger partial charge in [-0.25, -0.2) is 4.79 Å². The van der Waals surface area contributed by atoms with Crippen LogP contribution in [0.25, 0.3) is 0 Å². The fraction of sp³-hybridized carbons (Fsp3) is 0.409. The molecule has 1 amide bonds. The van der Waals surface area contributed by atoms with E-state index in [2.05, 4.69) is 35.0 Å². The van der Waals surface area contributed by atoms with Crippen molar-refractivity contribution in [3.05, 3.63) is 70.8 Å². The lowest BCUT2D eigenvalue weighted by Gasteiger charge is -2.32. The molecule has 2 aromatic carbocycles. The molecule has 0 saturated carbocycles. The zero-order valence-electron chi connectivity index (χ0n) is 16.8. The Bertz CT molecular complexity index is 796. The summed E-state index contributed by atoms with van der Waals surface area (Å²) in [4.78, 5) is 19.1. The van der Waals surface area contributed by atoms with E-state index in [1.165, 1.54) is 16.7 Å².